The van der Waals surface area contributed by atoms with Crippen molar-refractivity contribution >= 4 is 0 Å². The van der Waals surface area contributed by atoms with Crippen LogP contribution in [-0.4, -0.2) is 65.1 Å². The van der Waals surface area contributed by atoms with E-state index in [4.69, 9.17) is 9.47 Å². The van der Waals surface area contributed by atoms with Gasteiger partial charge in [-0.2, -0.15) is 0 Å². The Morgan fingerprint density at radius 1 is 1.00 bits per heavy atom. The van der Waals surface area contributed by atoms with Gasteiger partial charge in [-0.25, -0.2) is 0 Å². The first-order chi connectivity index (χ1) is 10.1. The summed E-state index contributed by atoms with van der Waals surface area (Å²) in [4.78, 5) is 2.53. The van der Waals surface area contributed by atoms with Crippen LogP contribution in [0.5, 0.6) is 0 Å². The summed E-state index contributed by atoms with van der Waals surface area (Å²) in [5.74, 6) is 0. The third-order valence-electron chi connectivity index (χ3n) is 3.87. The van der Waals surface area contributed by atoms with Gasteiger partial charge in [0.2, 0.25) is 0 Å². The molecule has 4 nitrogen and oxygen atoms in total. The molecule has 1 atom stereocenters. The van der Waals surface area contributed by atoms with Gasteiger partial charge in [-0.15, -0.1) is 0 Å². The van der Waals surface area contributed by atoms with Crippen LogP contribution < -0.4 is 5.32 Å². The molecule has 0 heterocycles. The summed E-state index contributed by atoms with van der Waals surface area (Å²) in [6, 6.07) is 0. The normalized spacial score (nSPS) is 14.6. The Balaban J connectivity index is 4.44. The Kier molecular flexibility index (Phi) is 13.4. The highest BCUT2D eigenvalue weighted by atomic mass is 16.5. The average molecular weight is 303 g/mol. The lowest BCUT2D eigenvalue weighted by Gasteiger charge is -2.36. The molecular weight excluding hydrogens is 264 g/mol. The standard InChI is InChI=1S/C17H38N2O2/c1-6-9-17(3,15-18-10-7-2)16-19(12-14-21-5)11-8-13-20-4/h18H,6-16H2,1-5H3. The summed E-state index contributed by atoms with van der Waals surface area (Å²) in [7, 11) is 3.55. The van der Waals surface area contributed by atoms with E-state index < -0.39 is 0 Å². The van der Waals surface area contributed by atoms with E-state index in [9.17, 15) is 0 Å². The lowest BCUT2D eigenvalue weighted by Crippen LogP contribution is -2.44. The first-order valence-electron chi connectivity index (χ1n) is 8.52. The highest BCUT2D eigenvalue weighted by Gasteiger charge is 2.25. The summed E-state index contributed by atoms with van der Waals surface area (Å²) in [5, 5.41) is 3.61. The number of hydrogen-bond acceptors (Lipinski definition) is 4. The maximum absolute atomic E-state index is 5.26. The number of nitrogens with zero attached hydrogens (tertiary/aromatic N) is 1. The lowest BCUT2D eigenvalue weighted by atomic mass is 9.84. The van der Waals surface area contributed by atoms with Gasteiger partial charge in [0.15, 0.2) is 0 Å². The van der Waals surface area contributed by atoms with Gasteiger partial charge in [0, 0.05) is 47.0 Å². The monoisotopic (exact) mass is 302 g/mol. The molecule has 1 N–H and O–H groups in total. The molecule has 1 unspecified atom stereocenters. The van der Waals surface area contributed by atoms with Gasteiger partial charge in [0.1, 0.15) is 0 Å². The van der Waals surface area contributed by atoms with E-state index in [1.807, 2.05) is 0 Å². The summed E-state index contributed by atoms with van der Waals surface area (Å²) >= 11 is 0. The molecule has 0 radical (unpaired) electrons. The molecule has 0 saturated carbocycles. The zero-order valence-corrected chi connectivity index (χ0v) is 15.0. The van der Waals surface area contributed by atoms with E-state index in [2.05, 4.69) is 31.0 Å². The van der Waals surface area contributed by atoms with Crippen LogP contribution in [0, 0.1) is 5.41 Å². The van der Waals surface area contributed by atoms with Crippen LogP contribution in [0.3, 0.4) is 0 Å². The number of ether oxygens (including phenoxy) is 2. The Labute approximate surface area is 132 Å². The van der Waals surface area contributed by atoms with Gasteiger partial charge in [-0.1, -0.05) is 27.2 Å². The SMILES string of the molecule is CCCNCC(C)(CCC)CN(CCCOC)CCOC. The Hall–Kier alpha value is -0.160. The van der Waals surface area contributed by atoms with Crippen molar-refractivity contribution in [3.63, 3.8) is 0 Å². The van der Waals surface area contributed by atoms with Crippen molar-refractivity contribution in [2.75, 3.05) is 60.2 Å². The predicted octanol–water partition coefficient (Wildman–Crippen LogP) is 2.78. The van der Waals surface area contributed by atoms with Crippen molar-refractivity contribution in [2.24, 2.45) is 5.41 Å². The van der Waals surface area contributed by atoms with Gasteiger partial charge >= 0.3 is 0 Å². The molecule has 0 saturated heterocycles. The molecule has 4 heteroatoms. The zero-order valence-electron chi connectivity index (χ0n) is 15.0. The maximum atomic E-state index is 5.26. The fourth-order valence-corrected chi connectivity index (χ4v) is 2.86. The van der Waals surface area contributed by atoms with Crippen LogP contribution in [-0.2, 0) is 9.47 Å². The second kappa shape index (κ2) is 13.5. The number of nitrogens with one attached hydrogen (secondary N) is 1. The third-order valence-corrected chi connectivity index (χ3v) is 3.87. The lowest BCUT2D eigenvalue weighted by molar-refractivity contribution is 0.0957. The Morgan fingerprint density at radius 3 is 2.29 bits per heavy atom. The number of methoxy groups -OCH3 is 2. The highest BCUT2D eigenvalue weighted by Crippen LogP contribution is 2.24. The van der Waals surface area contributed by atoms with E-state index in [-0.39, 0.29) is 0 Å². The second-order valence-corrected chi connectivity index (χ2v) is 6.35. The van der Waals surface area contributed by atoms with Crippen molar-refractivity contribution in [1.82, 2.24) is 10.2 Å². The van der Waals surface area contributed by atoms with Gasteiger partial charge in [0.25, 0.3) is 0 Å². The smallest absolute Gasteiger partial charge is 0.0589 e. The minimum Gasteiger partial charge on any atom is -0.385 e. The summed E-state index contributed by atoms with van der Waals surface area (Å²) < 4.78 is 10.4. The van der Waals surface area contributed by atoms with Crippen molar-refractivity contribution in [3.8, 4) is 0 Å². The first kappa shape index (κ1) is 20.8. The largest absolute Gasteiger partial charge is 0.385 e. The van der Waals surface area contributed by atoms with Gasteiger partial charge in [-0.05, 0) is 31.2 Å². The second-order valence-electron chi connectivity index (χ2n) is 6.35. The average Bonchev–Trinajstić information content (AvgIpc) is 2.45. The summed E-state index contributed by atoms with van der Waals surface area (Å²) in [6.45, 7) is 14.0. The summed E-state index contributed by atoms with van der Waals surface area (Å²) in [6.07, 6.45) is 4.78. The molecule has 0 aromatic carbocycles. The molecular formula is C17H38N2O2. The van der Waals surface area contributed by atoms with Gasteiger partial charge in [-0.3, -0.25) is 0 Å². The minimum absolute atomic E-state index is 0.338. The molecule has 128 valence electrons. The van der Waals surface area contributed by atoms with Crippen LogP contribution >= 0.6 is 0 Å². The van der Waals surface area contributed by atoms with Crippen molar-refractivity contribution in [2.45, 2.75) is 46.5 Å². The number of rotatable bonds is 15. The van der Waals surface area contributed by atoms with Crippen molar-refractivity contribution in [1.29, 1.82) is 0 Å². The summed E-state index contributed by atoms with van der Waals surface area (Å²) in [5.41, 5.74) is 0.338. The zero-order chi connectivity index (χ0) is 16.0. The van der Waals surface area contributed by atoms with Crippen LogP contribution in [0.4, 0.5) is 0 Å². The number of hydrogen-bond donors (Lipinski definition) is 1. The fourth-order valence-electron chi connectivity index (χ4n) is 2.86. The molecule has 0 rings (SSSR count). The molecule has 0 amide bonds. The molecule has 0 aliphatic rings. The molecule has 0 spiro atoms. The van der Waals surface area contributed by atoms with Crippen LogP contribution in [0.15, 0.2) is 0 Å². The minimum atomic E-state index is 0.338. The molecule has 0 aromatic heterocycles. The van der Waals surface area contributed by atoms with E-state index >= 15 is 0 Å². The van der Waals surface area contributed by atoms with Crippen LogP contribution in [0.1, 0.15) is 46.5 Å². The Bertz CT molecular complexity index is 227. The van der Waals surface area contributed by atoms with E-state index in [1.54, 1.807) is 14.2 Å². The molecule has 0 fully saturated rings. The fraction of sp³-hybridized carbons (Fsp3) is 1.00. The molecule has 0 aliphatic heterocycles. The topological polar surface area (TPSA) is 33.7 Å². The highest BCUT2D eigenvalue weighted by molar-refractivity contribution is 4.81. The first-order valence-corrected chi connectivity index (χ1v) is 8.52. The molecule has 21 heavy (non-hydrogen) atoms. The molecule has 0 aromatic rings. The van der Waals surface area contributed by atoms with E-state index in [0.717, 1.165) is 52.4 Å². The van der Waals surface area contributed by atoms with Gasteiger partial charge in [0.05, 0.1) is 6.61 Å². The van der Waals surface area contributed by atoms with Crippen LogP contribution in [0.2, 0.25) is 0 Å². The van der Waals surface area contributed by atoms with E-state index in [0.29, 0.717) is 5.41 Å². The Morgan fingerprint density at radius 2 is 1.71 bits per heavy atom. The quantitative estimate of drug-likeness (QED) is 0.472. The van der Waals surface area contributed by atoms with Gasteiger partial charge < -0.3 is 19.7 Å². The van der Waals surface area contributed by atoms with Crippen molar-refractivity contribution in [3.05, 3.63) is 0 Å². The molecule has 0 bridgehead atoms. The van der Waals surface area contributed by atoms with E-state index in [1.165, 1.54) is 19.3 Å². The molecule has 0 aliphatic carbocycles. The predicted molar refractivity (Wildman–Crippen MR) is 91.0 cm³/mol. The maximum Gasteiger partial charge on any atom is 0.0589 e. The van der Waals surface area contributed by atoms with Crippen molar-refractivity contribution < 1.29 is 9.47 Å². The third kappa shape index (κ3) is 11.1. The van der Waals surface area contributed by atoms with Crippen LogP contribution in [0.25, 0.3) is 0 Å².